The summed E-state index contributed by atoms with van der Waals surface area (Å²) in [6.07, 6.45) is 0. The van der Waals surface area contributed by atoms with Crippen molar-refractivity contribution in [1.29, 1.82) is 0 Å². The van der Waals surface area contributed by atoms with Gasteiger partial charge in [-0.3, -0.25) is 4.90 Å². The third-order valence-electron chi connectivity index (χ3n) is 4.48. The lowest BCUT2D eigenvalue weighted by Gasteiger charge is -2.46. The Morgan fingerprint density at radius 2 is 2.00 bits per heavy atom. The van der Waals surface area contributed by atoms with Crippen molar-refractivity contribution in [3.63, 3.8) is 0 Å². The number of aromatic nitrogens is 1. The number of thiazole rings is 1. The number of nitrogens with zero attached hydrogens (tertiary/aromatic N) is 2. The van der Waals surface area contributed by atoms with Crippen LogP contribution in [0, 0.1) is 19.3 Å². The maximum Gasteiger partial charge on any atom is 0.0900 e. The summed E-state index contributed by atoms with van der Waals surface area (Å²) in [5.74, 6) is 0. The van der Waals surface area contributed by atoms with Crippen LogP contribution in [0.2, 0.25) is 0 Å². The van der Waals surface area contributed by atoms with Gasteiger partial charge in [0.2, 0.25) is 0 Å². The van der Waals surface area contributed by atoms with E-state index in [0.29, 0.717) is 23.5 Å². The van der Waals surface area contributed by atoms with E-state index in [4.69, 9.17) is 0 Å². The zero-order valence-electron chi connectivity index (χ0n) is 13.9. The Morgan fingerprint density at radius 3 is 2.50 bits per heavy atom. The van der Waals surface area contributed by atoms with Crippen molar-refractivity contribution in [1.82, 2.24) is 15.2 Å². The van der Waals surface area contributed by atoms with Crippen LogP contribution in [-0.2, 0) is 0 Å². The van der Waals surface area contributed by atoms with E-state index >= 15 is 0 Å². The summed E-state index contributed by atoms with van der Waals surface area (Å²) >= 11 is 1.85. The molecule has 0 aromatic carbocycles. The van der Waals surface area contributed by atoms with Crippen LogP contribution in [0.1, 0.15) is 56.2 Å². The minimum Gasteiger partial charge on any atom is -0.311 e. The van der Waals surface area contributed by atoms with Crippen LogP contribution in [0.15, 0.2) is 0 Å². The molecule has 0 amide bonds. The monoisotopic (exact) mass is 295 g/mol. The maximum atomic E-state index is 4.60. The fourth-order valence-electron chi connectivity index (χ4n) is 3.09. The van der Waals surface area contributed by atoms with E-state index in [2.05, 4.69) is 63.7 Å². The third kappa shape index (κ3) is 3.23. The molecule has 3 nitrogen and oxygen atoms in total. The molecule has 1 fully saturated rings. The van der Waals surface area contributed by atoms with Crippen molar-refractivity contribution >= 4 is 11.3 Å². The van der Waals surface area contributed by atoms with Crippen molar-refractivity contribution in [2.24, 2.45) is 5.41 Å². The average molecular weight is 295 g/mol. The van der Waals surface area contributed by atoms with Gasteiger partial charge in [-0.25, -0.2) is 4.98 Å². The van der Waals surface area contributed by atoms with E-state index in [1.807, 2.05) is 11.3 Å². The second-order valence-electron chi connectivity index (χ2n) is 7.23. The van der Waals surface area contributed by atoms with Crippen LogP contribution in [0.3, 0.4) is 0 Å². The topological polar surface area (TPSA) is 28.2 Å². The first-order chi connectivity index (χ1) is 9.20. The normalized spacial score (nSPS) is 26.8. The molecule has 1 aromatic rings. The molecule has 1 saturated heterocycles. The van der Waals surface area contributed by atoms with Gasteiger partial charge in [-0.15, -0.1) is 11.3 Å². The molecule has 4 heteroatoms. The van der Waals surface area contributed by atoms with Gasteiger partial charge < -0.3 is 5.32 Å². The minimum atomic E-state index is 0.302. The van der Waals surface area contributed by atoms with Crippen LogP contribution < -0.4 is 5.32 Å². The summed E-state index contributed by atoms with van der Waals surface area (Å²) < 4.78 is 0. The van der Waals surface area contributed by atoms with Gasteiger partial charge in [0.15, 0.2) is 0 Å². The van der Waals surface area contributed by atoms with E-state index in [1.54, 1.807) is 0 Å². The highest BCUT2D eigenvalue weighted by Gasteiger charge is 2.35. The standard InChI is InChI=1S/C16H29N3S/c1-10-8-17-14(16(5,6)7)9-19(10)12(3)15-11(2)18-13(4)20-15/h10,12,14,17H,8-9H2,1-7H3. The molecule has 114 valence electrons. The minimum absolute atomic E-state index is 0.302. The Morgan fingerprint density at radius 1 is 1.35 bits per heavy atom. The molecular weight excluding hydrogens is 266 g/mol. The summed E-state index contributed by atoms with van der Waals surface area (Å²) in [5.41, 5.74) is 1.51. The van der Waals surface area contributed by atoms with Gasteiger partial charge in [-0.2, -0.15) is 0 Å². The lowest BCUT2D eigenvalue weighted by atomic mass is 9.84. The molecule has 0 aliphatic carbocycles. The Kier molecular flexibility index (Phi) is 4.57. The summed E-state index contributed by atoms with van der Waals surface area (Å²) in [5, 5.41) is 4.89. The first-order valence-corrected chi connectivity index (χ1v) is 8.45. The molecule has 0 bridgehead atoms. The Bertz CT molecular complexity index is 461. The van der Waals surface area contributed by atoms with Crippen molar-refractivity contribution in [3.8, 4) is 0 Å². The molecule has 20 heavy (non-hydrogen) atoms. The molecule has 1 aromatic heterocycles. The number of nitrogens with one attached hydrogen (secondary N) is 1. The molecule has 0 spiro atoms. The highest BCUT2D eigenvalue weighted by Crippen LogP contribution is 2.33. The Hall–Kier alpha value is -0.450. The van der Waals surface area contributed by atoms with Gasteiger partial charge in [0.1, 0.15) is 0 Å². The number of aryl methyl sites for hydroxylation is 2. The predicted molar refractivity (Wildman–Crippen MR) is 87.4 cm³/mol. The summed E-state index contributed by atoms with van der Waals surface area (Å²) in [6, 6.07) is 1.59. The quantitative estimate of drug-likeness (QED) is 0.904. The van der Waals surface area contributed by atoms with Gasteiger partial charge in [0, 0.05) is 36.1 Å². The average Bonchev–Trinajstić information content (AvgIpc) is 2.66. The van der Waals surface area contributed by atoms with E-state index in [1.165, 1.54) is 15.6 Å². The van der Waals surface area contributed by atoms with Crippen LogP contribution in [0.4, 0.5) is 0 Å². The molecule has 2 rings (SSSR count). The maximum absolute atomic E-state index is 4.60. The molecule has 2 heterocycles. The lowest BCUT2D eigenvalue weighted by Crippen LogP contribution is -2.59. The molecule has 1 aliphatic rings. The van der Waals surface area contributed by atoms with Gasteiger partial charge in [-0.1, -0.05) is 20.8 Å². The van der Waals surface area contributed by atoms with Crippen molar-refractivity contribution in [2.45, 2.75) is 66.6 Å². The van der Waals surface area contributed by atoms with Gasteiger partial charge in [0.05, 0.1) is 10.7 Å². The lowest BCUT2D eigenvalue weighted by molar-refractivity contribution is 0.0637. The van der Waals surface area contributed by atoms with Crippen molar-refractivity contribution in [3.05, 3.63) is 15.6 Å². The summed E-state index contributed by atoms with van der Waals surface area (Å²) in [7, 11) is 0. The number of hydrogen-bond donors (Lipinski definition) is 1. The van der Waals surface area contributed by atoms with E-state index in [0.717, 1.165) is 13.1 Å². The molecule has 0 saturated carbocycles. The molecule has 1 N–H and O–H groups in total. The van der Waals surface area contributed by atoms with E-state index < -0.39 is 0 Å². The SMILES string of the molecule is Cc1nc(C)c(C(C)N2CC(C(C)(C)C)NCC2C)s1. The first kappa shape index (κ1) is 15.9. The fourth-order valence-corrected chi connectivity index (χ4v) is 4.09. The molecule has 3 atom stereocenters. The van der Waals surface area contributed by atoms with Crippen molar-refractivity contribution < 1.29 is 0 Å². The third-order valence-corrected chi connectivity index (χ3v) is 5.72. The van der Waals surface area contributed by atoms with E-state index in [9.17, 15) is 0 Å². The zero-order chi connectivity index (χ0) is 15.1. The fraction of sp³-hybridized carbons (Fsp3) is 0.812. The van der Waals surface area contributed by atoms with Crippen LogP contribution in [-0.4, -0.2) is 35.1 Å². The van der Waals surface area contributed by atoms with E-state index in [-0.39, 0.29) is 0 Å². The predicted octanol–water partition coefficient (Wildman–Crippen LogP) is 3.53. The second-order valence-corrected chi connectivity index (χ2v) is 8.47. The molecule has 1 aliphatic heterocycles. The second kappa shape index (κ2) is 5.74. The van der Waals surface area contributed by atoms with Crippen LogP contribution in [0.25, 0.3) is 0 Å². The highest BCUT2D eigenvalue weighted by molar-refractivity contribution is 7.11. The largest absolute Gasteiger partial charge is 0.311 e. The Labute approximate surface area is 127 Å². The highest BCUT2D eigenvalue weighted by atomic mass is 32.1. The Balaban J connectivity index is 2.19. The molecular formula is C16H29N3S. The summed E-state index contributed by atoms with van der Waals surface area (Å²) in [6.45, 7) is 18.1. The first-order valence-electron chi connectivity index (χ1n) is 7.63. The summed E-state index contributed by atoms with van der Waals surface area (Å²) in [4.78, 5) is 8.68. The molecule has 0 radical (unpaired) electrons. The van der Waals surface area contributed by atoms with Gasteiger partial charge in [-0.05, 0) is 33.1 Å². The number of rotatable bonds is 2. The van der Waals surface area contributed by atoms with Crippen molar-refractivity contribution in [2.75, 3.05) is 13.1 Å². The van der Waals surface area contributed by atoms with Crippen LogP contribution in [0.5, 0.6) is 0 Å². The smallest absolute Gasteiger partial charge is 0.0900 e. The van der Waals surface area contributed by atoms with Crippen LogP contribution >= 0.6 is 11.3 Å². The zero-order valence-corrected chi connectivity index (χ0v) is 14.8. The van der Waals surface area contributed by atoms with Gasteiger partial charge in [0.25, 0.3) is 0 Å². The molecule has 3 unspecified atom stereocenters. The number of hydrogen-bond acceptors (Lipinski definition) is 4. The number of piperazine rings is 1. The van der Waals surface area contributed by atoms with Gasteiger partial charge >= 0.3 is 0 Å².